The zero-order chi connectivity index (χ0) is 25.1. The Morgan fingerprint density at radius 3 is 2.40 bits per heavy atom. The summed E-state index contributed by atoms with van der Waals surface area (Å²) >= 11 is 0. The van der Waals surface area contributed by atoms with Crippen molar-refractivity contribution in [1.82, 2.24) is 25.1 Å². The molecule has 2 aromatic heterocycles. The van der Waals surface area contributed by atoms with Crippen LogP contribution in [0.15, 0.2) is 46.9 Å². The van der Waals surface area contributed by atoms with Crippen LogP contribution in [-0.4, -0.2) is 41.9 Å². The minimum atomic E-state index is -0.486. The number of amides is 1. The molecule has 0 fully saturated rings. The highest BCUT2D eigenvalue weighted by molar-refractivity contribution is 5.97. The van der Waals surface area contributed by atoms with Gasteiger partial charge in [-0.3, -0.25) is 14.9 Å². The Morgan fingerprint density at radius 2 is 1.74 bits per heavy atom. The van der Waals surface area contributed by atoms with Crippen molar-refractivity contribution in [2.24, 2.45) is 0 Å². The average Bonchev–Trinajstić information content (AvgIpc) is 3.34. The van der Waals surface area contributed by atoms with E-state index in [1.54, 1.807) is 29.2 Å². The summed E-state index contributed by atoms with van der Waals surface area (Å²) in [6.07, 6.45) is 1.57. The van der Waals surface area contributed by atoms with Crippen LogP contribution in [-0.2, 0) is 19.4 Å². The fourth-order valence-corrected chi connectivity index (χ4v) is 3.81. The quantitative estimate of drug-likeness (QED) is 0.264. The lowest BCUT2D eigenvalue weighted by Crippen LogP contribution is -2.36. The van der Waals surface area contributed by atoms with E-state index in [0.29, 0.717) is 16.6 Å². The number of rotatable bonds is 8. The van der Waals surface area contributed by atoms with Gasteiger partial charge in [-0.05, 0) is 51.0 Å². The molecule has 0 radical (unpaired) electrons. The second-order valence-electron chi connectivity index (χ2n) is 8.36. The van der Waals surface area contributed by atoms with Crippen LogP contribution in [0.4, 0.5) is 5.69 Å². The molecule has 0 unspecified atom stereocenters. The highest BCUT2D eigenvalue weighted by Crippen LogP contribution is 2.24. The Hall–Kier alpha value is -4.21. The molecular formula is C25H26N6O4. The van der Waals surface area contributed by atoms with Crippen molar-refractivity contribution in [2.45, 2.75) is 53.1 Å². The molecule has 0 aliphatic rings. The molecule has 0 saturated carbocycles. The summed E-state index contributed by atoms with van der Waals surface area (Å²) in [5.74, 6) is 0.186. The monoisotopic (exact) mass is 474 g/mol. The number of aryl methyl sites for hydroxylation is 2. The molecule has 1 amide bonds. The molecule has 2 aromatic carbocycles. The average molecular weight is 475 g/mol. The smallest absolute Gasteiger partial charge is 0.270 e. The SMILES string of the molecule is CCc1nc2ccc(C(=O)N(Cc3nnc(-c4cccc([N+](=O)[O-])c4)o3)C(C)C)cc2nc1CC. The zero-order valence-electron chi connectivity index (χ0n) is 20.1. The van der Waals surface area contributed by atoms with Crippen molar-refractivity contribution >= 4 is 22.6 Å². The third-order valence-corrected chi connectivity index (χ3v) is 5.70. The third-order valence-electron chi connectivity index (χ3n) is 5.70. The molecule has 10 heteroatoms. The summed E-state index contributed by atoms with van der Waals surface area (Å²) in [5, 5.41) is 19.1. The molecule has 0 spiro atoms. The maximum absolute atomic E-state index is 13.4. The van der Waals surface area contributed by atoms with Gasteiger partial charge in [0.25, 0.3) is 11.6 Å². The van der Waals surface area contributed by atoms with E-state index in [-0.39, 0.29) is 36.0 Å². The number of fused-ring (bicyclic) bond motifs is 1. The predicted octanol–water partition coefficient (Wildman–Crippen LogP) is 4.76. The van der Waals surface area contributed by atoms with E-state index in [1.807, 2.05) is 26.8 Å². The summed E-state index contributed by atoms with van der Waals surface area (Å²) in [4.78, 5) is 35.0. The summed E-state index contributed by atoms with van der Waals surface area (Å²) in [6, 6.07) is 11.2. The Kier molecular flexibility index (Phi) is 6.81. The van der Waals surface area contributed by atoms with E-state index >= 15 is 0 Å². The summed E-state index contributed by atoms with van der Waals surface area (Å²) in [5.41, 5.74) is 4.20. The second-order valence-corrected chi connectivity index (χ2v) is 8.36. The number of hydrogen-bond donors (Lipinski definition) is 0. The standard InChI is InChI=1S/C25H26N6O4/c1-5-19-20(6-2)27-22-13-17(10-11-21(22)26-19)25(32)30(15(3)4)14-23-28-29-24(35-23)16-8-7-9-18(12-16)31(33)34/h7-13,15H,5-6,14H2,1-4H3. The first kappa shape index (κ1) is 23.9. The van der Waals surface area contributed by atoms with Crippen molar-refractivity contribution in [1.29, 1.82) is 0 Å². The molecule has 4 rings (SSSR count). The molecule has 0 N–H and O–H groups in total. The highest BCUT2D eigenvalue weighted by atomic mass is 16.6. The predicted molar refractivity (Wildman–Crippen MR) is 130 cm³/mol. The molecule has 4 aromatic rings. The molecule has 10 nitrogen and oxygen atoms in total. The first-order chi connectivity index (χ1) is 16.8. The van der Waals surface area contributed by atoms with Crippen LogP contribution < -0.4 is 0 Å². The van der Waals surface area contributed by atoms with Crippen molar-refractivity contribution in [2.75, 3.05) is 0 Å². The Labute approximate surface area is 202 Å². The Morgan fingerprint density at radius 1 is 1.03 bits per heavy atom. The lowest BCUT2D eigenvalue weighted by molar-refractivity contribution is -0.384. The normalized spacial score (nSPS) is 11.2. The molecule has 180 valence electrons. The van der Waals surface area contributed by atoms with Gasteiger partial charge in [-0.25, -0.2) is 9.97 Å². The maximum Gasteiger partial charge on any atom is 0.270 e. The molecule has 35 heavy (non-hydrogen) atoms. The molecule has 2 heterocycles. The van der Waals surface area contributed by atoms with Crippen molar-refractivity contribution < 1.29 is 14.1 Å². The zero-order valence-corrected chi connectivity index (χ0v) is 20.1. The number of hydrogen-bond acceptors (Lipinski definition) is 8. The van der Waals surface area contributed by atoms with Gasteiger partial charge in [-0.15, -0.1) is 10.2 Å². The molecular weight excluding hydrogens is 448 g/mol. The highest BCUT2D eigenvalue weighted by Gasteiger charge is 2.23. The van der Waals surface area contributed by atoms with Gasteiger partial charge in [0.15, 0.2) is 0 Å². The minimum Gasteiger partial charge on any atom is -0.419 e. The first-order valence-corrected chi connectivity index (χ1v) is 11.5. The number of nitrogens with zero attached hydrogens (tertiary/aromatic N) is 6. The fraction of sp³-hybridized carbons (Fsp3) is 0.320. The Bertz CT molecular complexity index is 1400. The first-order valence-electron chi connectivity index (χ1n) is 11.5. The minimum absolute atomic E-state index is 0.0714. The van der Waals surface area contributed by atoms with Gasteiger partial charge in [-0.1, -0.05) is 19.9 Å². The van der Waals surface area contributed by atoms with Crippen LogP contribution in [0.2, 0.25) is 0 Å². The van der Waals surface area contributed by atoms with Crippen LogP contribution in [0.5, 0.6) is 0 Å². The van der Waals surface area contributed by atoms with Crippen LogP contribution in [0.1, 0.15) is 55.3 Å². The molecule has 0 aliphatic carbocycles. The molecule has 0 bridgehead atoms. The van der Waals surface area contributed by atoms with Crippen molar-refractivity contribution in [3.63, 3.8) is 0 Å². The van der Waals surface area contributed by atoms with Gasteiger partial charge in [-0.2, -0.15) is 0 Å². The number of nitro groups is 1. The molecule has 0 aliphatic heterocycles. The van der Waals surface area contributed by atoms with Crippen molar-refractivity contribution in [3.8, 4) is 11.5 Å². The van der Waals surface area contributed by atoms with Gasteiger partial charge in [0, 0.05) is 29.3 Å². The van der Waals surface area contributed by atoms with Gasteiger partial charge < -0.3 is 9.32 Å². The topological polar surface area (TPSA) is 128 Å². The number of non-ortho nitro benzene ring substituents is 1. The lowest BCUT2D eigenvalue weighted by Gasteiger charge is -2.25. The fourth-order valence-electron chi connectivity index (χ4n) is 3.81. The van der Waals surface area contributed by atoms with Crippen molar-refractivity contribution in [3.05, 3.63) is 75.4 Å². The third kappa shape index (κ3) is 5.01. The molecule has 0 saturated heterocycles. The number of carbonyl (C=O) groups excluding carboxylic acids is 1. The van der Waals surface area contributed by atoms with Crippen LogP contribution in [0, 0.1) is 10.1 Å². The van der Waals surface area contributed by atoms with Gasteiger partial charge in [0.1, 0.15) is 0 Å². The van der Waals surface area contributed by atoms with E-state index in [1.165, 1.54) is 12.1 Å². The van der Waals surface area contributed by atoms with E-state index in [9.17, 15) is 14.9 Å². The summed E-state index contributed by atoms with van der Waals surface area (Å²) in [6.45, 7) is 7.99. The summed E-state index contributed by atoms with van der Waals surface area (Å²) in [7, 11) is 0. The largest absolute Gasteiger partial charge is 0.419 e. The van der Waals surface area contributed by atoms with Crippen LogP contribution in [0.25, 0.3) is 22.5 Å². The van der Waals surface area contributed by atoms with Crippen LogP contribution in [0.3, 0.4) is 0 Å². The number of nitro benzene ring substituents is 1. The van der Waals surface area contributed by atoms with E-state index < -0.39 is 4.92 Å². The van der Waals surface area contributed by atoms with E-state index in [0.717, 1.165) is 29.7 Å². The van der Waals surface area contributed by atoms with Gasteiger partial charge >= 0.3 is 0 Å². The lowest BCUT2D eigenvalue weighted by atomic mass is 10.1. The van der Waals surface area contributed by atoms with Crippen LogP contribution >= 0.6 is 0 Å². The van der Waals surface area contributed by atoms with E-state index in [4.69, 9.17) is 14.4 Å². The Balaban J connectivity index is 1.60. The van der Waals surface area contributed by atoms with Gasteiger partial charge in [0.2, 0.25) is 11.8 Å². The molecule has 0 atom stereocenters. The number of benzene rings is 2. The summed E-state index contributed by atoms with van der Waals surface area (Å²) < 4.78 is 5.74. The number of carbonyl (C=O) groups is 1. The maximum atomic E-state index is 13.4. The number of aromatic nitrogens is 4. The second kappa shape index (κ2) is 9.96. The van der Waals surface area contributed by atoms with E-state index in [2.05, 4.69) is 17.1 Å². The van der Waals surface area contributed by atoms with Gasteiger partial charge in [0.05, 0.1) is 33.9 Å².